The van der Waals surface area contributed by atoms with Crippen molar-refractivity contribution in [2.24, 2.45) is 7.05 Å². The lowest BCUT2D eigenvalue weighted by Gasteiger charge is -2.15. The molecule has 0 fully saturated rings. The maximum Gasteiger partial charge on any atom is 0.143 e. The molecular formula is C12H13ClFN3. The van der Waals surface area contributed by atoms with Crippen LogP contribution >= 0.6 is 11.6 Å². The first-order valence-corrected chi connectivity index (χ1v) is 5.64. The lowest BCUT2D eigenvalue weighted by atomic mass is 10.2. The molecule has 0 aliphatic rings. The zero-order valence-corrected chi connectivity index (χ0v) is 10.4. The third-order valence-electron chi connectivity index (χ3n) is 2.55. The van der Waals surface area contributed by atoms with E-state index in [4.69, 9.17) is 11.6 Å². The quantitative estimate of drug-likeness (QED) is 0.909. The summed E-state index contributed by atoms with van der Waals surface area (Å²) in [7, 11) is 1.92. The van der Waals surface area contributed by atoms with Crippen LogP contribution in [0.1, 0.15) is 18.8 Å². The second-order valence-electron chi connectivity index (χ2n) is 3.89. The van der Waals surface area contributed by atoms with Crippen molar-refractivity contribution in [2.75, 3.05) is 5.32 Å². The fraction of sp³-hybridized carbons (Fsp3) is 0.250. The molecule has 90 valence electrons. The molecule has 0 spiro atoms. The number of hydrogen-bond donors (Lipinski definition) is 1. The highest BCUT2D eigenvalue weighted by molar-refractivity contribution is 6.30. The third kappa shape index (κ3) is 2.58. The smallest absolute Gasteiger partial charge is 0.143 e. The van der Waals surface area contributed by atoms with Gasteiger partial charge in [-0.2, -0.15) is 0 Å². The average Bonchev–Trinajstić information content (AvgIpc) is 2.70. The monoisotopic (exact) mass is 253 g/mol. The highest BCUT2D eigenvalue weighted by Crippen LogP contribution is 2.22. The van der Waals surface area contributed by atoms with Gasteiger partial charge in [0.1, 0.15) is 11.6 Å². The van der Waals surface area contributed by atoms with E-state index in [0.29, 0.717) is 5.69 Å². The molecule has 5 heteroatoms. The normalized spacial score (nSPS) is 12.5. The maximum absolute atomic E-state index is 13.3. The summed E-state index contributed by atoms with van der Waals surface area (Å²) in [6, 6.07) is 4.65. The van der Waals surface area contributed by atoms with Crippen molar-refractivity contribution in [1.82, 2.24) is 9.55 Å². The summed E-state index contributed by atoms with van der Waals surface area (Å²) in [5, 5.41) is 3.30. The number of benzene rings is 1. The van der Waals surface area contributed by atoms with Gasteiger partial charge >= 0.3 is 0 Å². The predicted octanol–water partition coefficient (Wildman–Crippen LogP) is 3.39. The van der Waals surface area contributed by atoms with Gasteiger partial charge in [0.15, 0.2) is 0 Å². The summed E-state index contributed by atoms with van der Waals surface area (Å²) >= 11 is 5.62. The molecule has 0 amide bonds. The van der Waals surface area contributed by atoms with Crippen molar-refractivity contribution in [3.05, 3.63) is 47.3 Å². The number of anilines is 1. The van der Waals surface area contributed by atoms with E-state index in [9.17, 15) is 4.39 Å². The number of hydrogen-bond acceptors (Lipinski definition) is 2. The lowest BCUT2D eigenvalue weighted by molar-refractivity contribution is 0.628. The average molecular weight is 254 g/mol. The summed E-state index contributed by atoms with van der Waals surface area (Å²) in [6.07, 6.45) is 3.60. The van der Waals surface area contributed by atoms with Crippen LogP contribution in [0.5, 0.6) is 0 Å². The van der Waals surface area contributed by atoms with Gasteiger partial charge in [-0.05, 0) is 25.1 Å². The Hall–Kier alpha value is -1.55. The molecule has 0 saturated heterocycles. The minimum Gasteiger partial charge on any atom is -0.375 e. The maximum atomic E-state index is 13.3. The molecule has 0 aliphatic carbocycles. The molecule has 0 aliphatic heterocycles. The van der Waals surface area contributed by atoms with E-state index < -0.39 is 5.82 Å². The van der Waals surface area contributed by atoms with Crippen LogP contribution in [-0.4, -0.2) is 9.55 Å². The van der Waals surface area contributed by atoms with Crippen molar-refractivity contribution < 1.29 is 4.39 Å². The Morgan fingerprint density at radius 1 is 1.47 bits per heavy atom. The fourth-order valence-corrected chi connectivity index (χ4v) is 1.81. The first kappa shape index (κ1) is 11.9. The van der Waals surface area contributed by atoms with Crippen molar-refractivity contribution >= 4 is 17.3 Å². The van der Waals surface area contributed by atoms with Gasteiger partial charge in [0, 0.05) is 25.1 Å². The standard InChI is InChI=1S/C12H13ClFN3/c1-8(12-15-5-6-17(12)2)16-9-3-4-10(13)11(14)7-9/h3-8,16H,1-2H3. The second-order valence-corrected chi connectivity index (χ2v) is 4.30. The Kier molecular flexibility index (Phi) is 3.33. The van der Waals surface area contributed by atoms with Gasteiger partial charge in [-0.15, -0.1) is 0 Å². The molecule has 0 radical (unpaired) electrons. The molecule has 2 rings (SSSR count). The van der Waals surface area contributed by atoms with Gasteiger partial charge in [0.2, 0.25) is 0 Å². The first-order chi connectivity index (χ1) is 8.08. The first-order valence-electron chi connectivity index (χ1n) is 5.26. The Balaban J connectivity index is 2.16. The fourth-order valence-electron chi connectivity index (χ4n) is 1.69. The zero-order chi connectivity index (χ0) is 12.4. The van der Waals surface area contributed by atoms with Crippen molar-refractivity contribution in [2.45, 2.75) is 13.0 Å². The Bertz CT molecular complexity index is 524. The van der Waals surface area contributed by atoms with E-state index in [-0.39, 0.29) is 11.1 Å². The predicted molar refractivity (Wildman–Crippen MR) is 66.7 cm³/mol. The highest BCUT2D eigenvalue weighted by atomic mass is 35.5. The van der Waals surface area contributed by atoms with E-state index in [1.54, 1.807) is 12.3 Å². The molecule has 1 heterocycles. The number of imidazole rings is 1. The molecule has 1 atom stereocenters. The SMILES string of the molecule is CC(Nc1ccc(Cl)c(F)c1)c1nccn1C. The van der Waals surface area contributed by atoms with Crippen molar-refractivity contribution in [3.63, 3.8) is 0 Å². The highest BCUT2D eigenvalue weighted by Gasteiger charge is 2.10. The molecule has 1 aromatic carbocycles. The number of rotatable bonds is 3. The number of nitrogens with one attached hydrogen (secondary N) is 1. The summed E-state index contributed by atoms with van der Waals surface area (Å²) in [5.41, 5.74) is 0.683. The lowest BCUT2D eigenvalue weighted by Crippen LogP contribution is -2.11. The van der Waals surface area contributed by atoms with E-state index in [0.717, 1.165) is 5.82 Å². The molecule has 1 unspecified atom stereocenters. The molecule has 17 heavy (non-hydrogen) atoms. The van der Waals surface area contributed by atoms with E-state index in [2.05, 4.69) is 10.3 Å². The zero-order valence-electron chi connectivity index (χ0n) is 9.61. The topological polar surface area (TPSA) is 29.9 Å². The van der Waals surface area contributed by atoms with Gasteiger partial charge in [-0.1, -0.05) is 11.6 Å². The minimum atomic E-state index is -0.427. The number of aryl methyl sites for hydroxylation is 1. The van der Waals surface area contributed by atoms with Gasteiger partial charge in [-0.25, -0.2) is 9.37 Å². The summed E-state index contributed by atoms with van der Waals surface area (Å²) in [4.78, 5) is 4.23. The molecular weight excluding hydrogens is 241 g/mol. The van der Waals surface area contributed by atoms with Crippen LogP contribution in [-0.2, 0) is 7.05 Å². The van der Waals surface area contributed by atoms with Crippen LogP contribution in [0.4, 0.5) is 10.1 Å². The van der Waals surface area contributed by atoms with Gasteiger partial charge in [-0.3, -0.25) is 0 Å². The second kappa shape index (κ2) is 4.75. The summed E-state index contributed by atoms with van der Waals surface area (Å²) in [5.74, 6) is 0.462. The molecule has 0 bridgehead atoms. The van der Waals surface area contributed by atoms with Crippen LogP contribution < -0.4 is 5.32 Å². The van der Waals surface area contributed by atoms with Crippen molar-refractivity contribution in [1.29, 1.82) is 0 Å². The summed E-state index contributed by atoms with van der Waals surface area (Å²) in [6.45, 7) is 1.97. The van der Waals surface area contributed by atoms with Crippen molar-refractivity contribution in [3.8, 4) is 0 Å². The largest absolute Gasteiger partial charge is 0.375 e. The van der Waals surface area contributed by atoms with E-state index in [1.165, 1.54) is 12.1 Å². The minimum absolute atomic E-state index is 0.00410. The number of aromatic nitrogens is 2. The number of nitrogens with zero attached hydrogens (tertiary/aromatic N) is 2. The molecule has 1 N–H and O–H groups in total. The molecule has 2 aromatic rings. The van der Waals surface area contributed by atoms with Gasteiger partial charge < -0.3 is 9.88 Å². The number of halogens is 2. The molecule has 3 nitrogen and oxygen atoms in total. The van der Waals surface area contributed by atoms with Crippen LogP contribution in [0.15, 0.2) is 30.6 Å². The Labute approximate surface area is 104 Å². The van der Waals surface area contributed by atoms with Gasteiger partial charge in [0.25, 0.3) is 0 Å². The van der Waals surface area contributed by atoms with E-state index in [1.807, 2.05) is 24.7 Å². The van der Waals surface area contributed by atoms with Crippen LogP contribution in [0, 0.1) is 5.82 Å². The van der Waals surface area contributed by atoms with Crippen LogP contribution in [0.2, 0.25) is 5.02 Å². The van der Waals surface area contributed by atoms with Gasteiger partial charge in [0.05, 0.1) is 11.1 Å². The third-order valence-corrected chi connectivity index (χ3v) is 2.86. The molecule has 1 aromatic heterocycles. The Morgan fingerprint density at radius 2 is 2.24 bits per heavy atom. The van der Waals surface area contributed by atoms with Crippen LogP contribution in [0.3, 0.4) is 0 Å². The Morgan fingerprint density at radius 3 is 2.82 bits per heavy atom. The van der Waals surface area contributed by atoms with E-state index >= 15 is 0 Å². The molecule has 0 saturated carbocycles. The van der Waals surface area contributed by atoms with Crippen LogP contribution in [0.25, 0.3) is 0 Å². The summed E-state index contributed by atoms with van der Waals surface area (Å²) < 4.78 is 15.2.